The maximum Gasteiger partial charge on any atom is 0.146 e. The van der Waals surface area contributed by atoms with Crippen LogP contribution in [0, 0.1) is 11.6 Å². The number of hydrogen-bond donors (Lipinski definition) is 1. The molecule has 2 aromatic rings. The molecule has 6 heteroatoms. The Morgan fingerprint density at radius 2 is 2.11 bits per heavy atom. The van der Waals surface area contributed by atoms with E-state index in [0.717, 1.165) is 12.5 Å². The standard InChI is InChI=1S/C13H13BrF2N2O/c1-2-7-18-10(5-6-17-18)13(19)11-9(15)4-3-8(14)12(11)16/h3-6,13,19H,2,7H2,1H3. The summed E-state index contributed by atoms with van der Waals surface area (Å²) in [6.45, 7) is 2.54. The first-order chi connectivity index (χ1) is 9.06. The van der Waals surface area contributed by atoms with Crippen molar-refractivity contribution in [3.05, 3.63) is 51.8 Å². The van der Waals surface area contributed by atoms with Gasteiger partial charge < -0.3 is 5.11 Å². The largest absolute Gasteiger partial charge is 0.382 e. The van der Waals surface area contributed by atoms with Crippen LogP contribution < -0.4 is 0 Å². The van der Waals surface area contributed by atoms with Gasteiger partial charge in [0.05, 0.1) is 15.7 Å². The molecule has 1 aromatic heterocycles. The van der Waals surface area contributed by atoms with Crippen LogP contribution in [-0.2, 0) is 6.54 Å². The highest BCUT2D eigenvalue weighted by molar-refractivity contribution is 9.10. The molecular formula is C13H13BrF2N2O. The molecule has 0 aliphatic rings. The van der Waals surface area contributed by atoms with Crippen molar-refractivity contribution in [3.8, 4) is 0 Å². The lowest BCUT2D eigenvalue weighted by Gasteiger charge is -2.15. The molecule has 0 amide bonds. The van der Waals surface area contributed by atoms with E-state index in [1.165, 1.54) is 12.3 Å². The Balaban J connectivity index is 2.47. The Morgan fingerprint density at radius 3 is 2.79 bits per heavy atom. The van der Waals surface area contributed by atoms with Crippen LogP contribution in [0.1, 0.15) is 30.7 Å². The maximum atomic E-state index is 13.9. The minimum Gasteiger partial charge on any atom is -0.382 e. The van der Waals surface area contributed by atoms with Gasteiger partial charge in [0.15, 0.2) is 0 Å². The summed E-state index contributed by atoms with van der Waals surface area (Å²) < 4.78 is 29.3. The van der Waals surface area contributed by atoms with Crippen molar-refractivity contribution in [2.75, 3.05) is 0 Å². The second-order valence-corrected chi connectivity index (χ2v) is 4.99. The molecule has 0 fully saturated rings. The van der Waals surface area contributed by atoms with Crippen molar-refractivity contribution >= 4 is 15.9 Å². The topological polar surface area (TPSA) is 38.0 Å². The Hall–Kier alpha value is -1.27. The third kappa shape index (κ3) is 2.69. The fourth-order valence-electron chi connectivity index (χ4n) is 1.92. The number of aliphatic hydroxyl groups excluding tert-OH is 1. The third-order valence-corrected chi connectivity index (χ3v) is 3.43. The summed E-state index contributed by atoms with van der Waals surface area (Å²) in [5, 5.41) is 14.2. The number of halogens is 3. The molecule has 19 heavy (non-hydrogen) atoms. The van der Waals surface area contributed by atoms with Gasteiger partial charge in [-0.2, -0.15) is 5.10 Å². The lowest BCUT2D eigenvalue weighted by Crippen LogP contribution is -2.13. The van der Waals surface area contributed by atoms with Gasteiger partial charge in [0, 0.05) is 12.7 Å². The van der Waals surface area contributed by atoms with Crippen molar-refractivity contribution in [1.29, 1.82) is 0 Å². The van der Waals surface area contributed by atoms with Crippen molar-refractivity contribution in [1.82, 2.24) is 9.78 Å². The van der Waals surface area contributed by atoms with Gasteiger partial charge >= 0.3 is 0 Å². The van der Waals surface area contributed by atoms with Crippen LogP contribution in [0.2, 0.25) is 0 Å². The number of nitrogens with zero attached hydrogens (tertiary/aromatic N) is 2. The first-order valence-corrected chi connectivity index (χ1v) is 6.68. The monoisotopic (exact) mass is 330 g/mol. The number of hydrogen-bond acceptors (Lipinski definition) is 2. The average molecular weight is 331 g/mol. The highest BCUT2D eigenvalue weighted by Gasteiger charge is 2.24. The van der Waals surface area contributed by atoms with Gasteiger partial charge in [-0.3, -0.25) is 4.68 Å². The lowest BCUT2D eigenvalue weighted by atomic mass is 10.1. The van der Waals surface area contributed by atoms with E-state index in [1.807, 2.05) is 6.92 Å². The van der Waals surface area contributed by atoms with Crippen LogP contribution >= 0.6 is 15.9 Å². The van der Waals surface area contributed by atoms with Gasteiger partial charge in [0.2, 0.25) is 0 Å². The smallest absolute Gasteiger partial charge is 0.146 e. The molecule has 0 radical (unpaired) electrons. The Bertz CT molecular complexity index is 586. The van der Waals surface area contributed by atoms with E-state index >= 15 is 0 Å². The fourth-order valence-corrected chi connectivity index (χ4v) is 2.26. The molecule has 1 aromatic carbocycles. The van der Waals surface area contributed by atoms with E-state index in [9.17, 15) is 13.9 Å². The van der Waals surface area contributed by atoms with Gasteiger partial charge in [0.25, 0.3) is 0 Å². The summed E-state index contributed by atoms with van der Waals surface area (Å²) in [6, 6.07) is 3.94. The first kappa shape index (κ1) is 14.1. The zero-order chi connectivity index (χ0) is 14.0. The van der Waals surface area contributed by atoms with Crippen LogP contribution in [0.4, 0.5) is 8.78 Å². The molecule has 3 nitrogen and oxygen atoms in total. The molecule has 0 saturated heterocycles. The number of aryl methyl sites for hydroxylation is 1. The summed E-state index contributed by atoms with van der Waals surface area (Å²) in [5.41, 5.74) is 0.00461. The van der Waals surface area contributed by atoms with Crippen LogP contribution in [0.5, 0.6) is 0 Å². The summed E-state index contributed by atoms with van der Waals surface area (Å²) in [4.78, 5) is 0. The molecule has 0 bridgehead atoms. The van der Waals surface area contributed by atoms with Crippen LogP contribution in [0.25, 0.3) is 0 Å². The molecule has 0 aliphatic heterocycles. The highest BCUT2D eigenvalue weighted by Crippen LogP contribution is 2.30. The Kier molecular flexibility index (Phi) is 4.31. The first-order valence-electron chi connectivity index (χ1n) is 5.89. The average Bonchev–Trinajstić information content (AvgIpc) is 2.83. The van der Waals surface area contributed by atoms with E-state index in [-0.39, 0.29) is 10.0 Å². The highest BCUT2D eigenvalue weighted by atomic mass is 79.9. The minimum absolute atomic E-state index is 0.115. The van der Waals surface area contributed by atoms with E-state index in [0.29, 0.717) is 12.2 Å². The van der Waals surface area contributed by atoms with E-state index in [1.54, 1.807) is 10.7 Å². The van der Waals surface area contributed by atoms with Crippen molar-refractivity contribution in [3.63, 3.8) is 0 Å². The van der Waals surface area contributed by atoms with Gasteiger partial charge in [-0.15, -0.1) is 0 Å². The van der Waals surface area contributed by atoms with Gasteiger partial charge in [-0.25, -0.2) is 8.78 Å². The predicted octanol–water partition coefficient (Wildman–Crippen LogP) is 3.42. The lowest BCUT2D eigenvalue weighted by molar-refractivity contribution is 0.196. The van der Waals surface area contributed by atoms with Crippen LogP contribution in [-0.4, -0.2) is 14.9 Å². The molecule has 0 saturated carbocycles. The molecule has 0 aliphatic carbocycles. The molecular weight excluding hydrogens is 318 g/mol. The molecule has 1 heterocycles. The SMILES string of the molecule is CCCn1nccc1C(O)c1c(F)ccc(Br)c1F. The molecule has 1 atom stereocenters. The van der Waals surface area contributed by atoms with Crippen LogP contribution in [0.15, 0.2) is 28.9 Å². The second kappa shape index (κ2) is 5.79. The number of rotatable bonds is 4. The predicted molar refractivity (Wildman–Crippen MR) is 70.6 cm³/mol. The van der Waals surface area contributed by atoms with Crippen LogP contribution in [0.3, 0.4) is 0 Å². The number of aromatic nitrogens is 2. The minimum atomic E-state index is -1.38. The van der Waals surface area contributed by atoms with Gasteiger partial charge in [0.1, 0.15) is 17.7 Å². The molecule has 0 spiro atoms. The normalized spacial score (nSPS) is 12.7. The van der Waals surface area contributed by atoms with Crippen molar-refractivity contribution in [2.24, 2.45) is 0 Å². The zero-order valence-electron chi connectivity index (χ0n) is 10.3. The van der Waals surface area contributed by atoms with Gasteiger partial charge in [-0.1, -0.05) is 6.92 Å². The van der Waals surface area contributed by atoms with Crippen molar-refractivity contribution < 1.29 is 13.9 Å². The molecule has 1 N–H and O–H groups in total. The number of aliphatic hydroxyl groups is 1. The second-order valence-electron chi connectivity index (χ2n) is 4.14. The summed E-state index contributed by atoms with van der Waals surface area (Å²) in [6.07, 6.45) is 0.930. The zero-order valence-corrected chi connectivity index (χ0v) is 11.9. The quantitative estimate of drug-likeness (QED) is 0.872. The molecule has 2 rings (SSSR count). The van der Waals surface area contributed by atoms with Crippen molar-refractivity contribution in [2.45, 2.75) is 26.0 Å². The summed E-state index contributed by atoms with van der Waals surface area (Å²) >= 11 is 2.99. The maximum absolute atomic E-state index is 13.9. The molecule has 102 valence electrons. The van der Waals surface area contributed by atoms with E-state index in [2.05, 4.69) is 21.0 Å². The van der Waals surface area contributed by atoms with E-state index < -0.39 is 17.7 Å². The van der Waals surface area contributed by atoms with E-state index in [4.69, 9.17) is 0 Å². The Labute approximate surface area is 118 Å². The fraction of sp³-hybridized carbons (Fsp3) is 0.308. The van der Waals surface area contributed by atoms with Gasteiger partial charge in [-0.05, 0) is 40.5 Å². The third-order valence-electron chi connectivity index (χ3n) is 2.82. The summed E-state index contributed by atoms with van der Waals surface area (Å²) in [5.74, 6) is -1.57. The Morgan fingerprint density at radius 1 is 1.37 bits per heavy atom. The molecule has 1 unspecified atom stereocenters. The summed E-state index contributed by atoms with van der Waals surface area (Å²) in [7, 11) is 0. The number of benzene rings is 1.